The van der Waals surface area contributed by atoms with E-state index in [0.717, 1.165) is 36.1 Å². The number of carbonyl (C=O) groups is 3. The van der Waals surface area contributed by atoms with Crippen molar-refractivity contribution in [3.05, 3.63) is 84.4 Å². The highest BCUT2D eigenvalue weighted by atomic mass is 16.2. The van der Waals surface area contributed by atoms with Crippen molar-refractivity contribution >= 4 is 29.1 Å². The molecule has 4 rings (SSSR count). The highest BCUT2D eigenvalue weighted by Crippen LogP contribution is 2.34. The smallest absolute Gasteiger partial charge is 0.323 e. The van der Waals surface area contributed by atoms with Crippen molar-refractivity contribution in [2.45, 2.75) is 19.3 Å². The van der Waals surface area contributed by atoms with E-state index < -0.39 is 0 Å². The molecule has 0 unspecified atom stereocenters. The molecule has 6 heteroatoms. The molecule has 0 saturated heterocycles. The van der Waals surface area contributed by atoms with Gasteiger partial charge in [-0.2, -0.15) is 0 Å². The van der Waals surface area contributed by atoms with Crippen molar-refractivity contribution in [2.75, 3.05) is 17.7 Å². The minimum atomic E-state index is -0.307. The second kappa shape index (κ2) is 10.1. The van der Waals surface area contributed by atoms with E-state index in [0.29, 0.717) is 11.3 Å². The molecule has 168 valence electrons. The number of nitrogens with one attached hydrogen (secondary N) is 3. The largest absolute Gasteiger partial charge is 0.359 e. The second-order valence-corrected chi connectivity index (χ2v) is 8.22. The lowest BCUT2D eigenvalue weighted by Gasteiger charge is -2.17. The van der Waals surface area contributed by atoms with Gasteiger partial charge in [-0.25, -0.2) is 4.79 Å². The first-order chi connectivity index (χ1) is 16.0. The zero-order valence-corrected chi connectivity index (χ0v) is 18.5. The van der Waals surface area contributed by atoms with Gasteiger partial charge in [-0.3, -0.25) is 9.59 Å². The Hall–Kier alpha value is -3.93. The third kappa shape index (κ3) is 5.29. The maximum absolute atomic E-state index is 13.0. The molecule has 1 aliphatic carbocycles. The molecule has 3 N–H and O–H groups in total. The Morgan fingerprint density at radius 2 is 1.24 bits per heavy atom. The SMILES string of the molecule is CNC(=O)[C@@H]1CCC[C@H]1C(=O)c1ccc(-c2ccc(NC(=O)Nc3ccccc3)cc2)cc1. The Morgan fingerprint density at radius 3 is 1.85 bits per heavy atom. The molecule has 3 aromatic carbocycles. The lowest BCUT2D eigenvalue weighted by Crippen LogP contribution is -2.33. The predicted molar refractivity (Wildman–Crippen MR) is 130 cm³/mol. The van der Waals surface area contributed by atoms with Crippen LogP contribution in [-0.4, -0.2) is 24.8 Å². The van der Waals surface area contributed by atoms with Crippen molar-refractivity contribution in [1.29, 1.82) is 0 Å². The Morgan fingerprint density at radius 1 is 0.697 bits per heavy atom. The molecule has 3 amide bonds. The first-order valence-electron chi connectivity index (χ1n) is 11.1. The van der Waals surface area contributed by atoms with Crippen LogP contribution in [0.5, 0.6) is 0 Å². The molecule has 1 aliphatic rings. The number of benzene rings is 3. The summed E-state index contributed by atoms with van der Waals surface area (Å²) >= 11 is 0. The minimum absolute atomic E-state index is 0.0385. The van der Waals surface area contributed by atoms with Crippen LogP contribution in [-0.2, 0) is 4.79 Å². The average molecular weight is 442 g/mol. The molecule has 1 saturated carbocycles. The molecule has 0 bridgehead atoms. The molecule has 0 heterocycles. The second-order valence-electron chi connectivity index (χ2n) is 8.22. The van der Waals surface area contributed by atoms with Crippen LogP contribution in [0.1, 0.15) is 29.6 Å². The lowest BCUT2D eigenvalue weighted by atomic mass is 9.87. The van der Waals surface area contributed by atoms with Crippen molar-refractivity contribution in [3.8, 4) is 11.1 Å². The normalized spacial score (nSPS) is 17.2. The molecule has 2 atom stereocenters. The molecule has 0 aliphatic heterocycles. The Kier molecular flexibility index (Phi) is 6.83. The fourth-order valence-corrected chi connectivity index (χ4v) is 4.38. The fraction of sp³-hybridized carbons (Fsp3) is 0.222. The van der Waals surface area contributed by atoms with E-state index in [9.17, 15) is 14.4 Å². The summed E-state index contributed by atoms with van der Waals surface area (Å²) in [6.45, 7) is 0. The van der Waals surface area contributed by atoms with Crippen LogP contribution in [0.2, 0.25) is 0 Å². The number of Topliss-reactive ketones (excluding diaryl/α,β-unsaturated/α-hetero) is 1. The van der Waals surface area contributed by atoms with E-state index in [2.05, 4.69) is 16.0 Å². The first kappa shape index (κ1) is 22.3. The summed E-state index contributed by atoms with van der Waals surface area (Å²) < 4.78 is 0. The number of hydrogen-bond donors (Lipinski definition) is 3. The van der Waals surface area contributed by atoms with Crippen LogP contribution < -0.4 is 16.0 Å². The van der Waals surface area contributed by atoms with E-state index in [1.54, 1.807) is 7.05 Å². The van der Waals surface area contributed by atoms with E-state index in [4.69, 9.17) is 0 Å². The number of para-hydroxylation sites is 1. The van der Waals surface area contributed by atoms with E-state index >= 15 is 0 Å². The van der Waals surface area contributed by atoms with Gasteiger partial charge in [-0.15, -0.1) is 0 Å². The van der Waals surface area contributed by atoms with Crippen molar-refractivity contribution in [2.24, 2.45) is 11.8 Å². The van der Waals surface area contributed by atoms with Gasteiger partial charge in [0, 0.05) is 35.8 Å². The average Bonchev–Trinajstić information content (AvgIpc) is 3.34. The first-order valence-corrected chi connectivity index (χ1v) is 11.1. The van der Waals surface area contributed by atoms with Gasteiger partial charge >= 0.3 is 6.03 Å². The number of anilines is 2. The quantitative estimate of drug-likeness (QED) is 0.451. The molecule has 33 heavy (non-hydrogen) atoms. The summed E-state index contributed by atoms with van der Waals surface area (Å²) in [5.74, 6) is -0.491. The van der Waals surface area contributed by atoms with Crippen molar-refractivity contribution in [3.63, 3.8) is 0 Å². The summed E-state index contributed by atoms with van der Waals surface area (Å²) in [7, 11) is 1.62. The third-order valence-corrected chi connectivity index (χ3v) is 6.11. The summed E-state index contributed by atoms with van der Waals surface area (Å²) in [5.41, 5.74) is 3.99. The molecular formula is C27H27N3O3. The van der Waals surface area contributed by atoms with Crippen LogP contribution >= 0.6 is 0 Å². The molecule has 0 radical (unpaired) electrons. The van der Waals surface area contributed by atoms with Crippen molar-refractivity contribution in [1.82, 2.24) is 5.32 Å². The molecule has 6 nitrogen and oxygen atoms in total. The highest BCUT2D eigenvalue weighted by molar-refractivity contribution is 6.01. The molecule has 3 aromatic rings. The van der Waals surface area contributed by atoms with Gasteiger partial charge in [0.15, 0.2) is 5.78 Å². The van der Waals surface area contributed by atoms with Gasteiger partial charge in [-0.1, -0.05) is 61.0 Å². The number of rotatable bonds is 6. The van der Waals surface area contributed by atoms with Crippen LogP contribution in [0.3, 0.4) is 0 Å². The zero-order valence-electron chi connectivity index (χ0n) is 18.5. The molecule has 0 aromatic heterocycles. The Balaban J connectivity index is 1.39. The summed E-state index contributed by atoms with van der Waals surface area (Å²) in [6, 6.07) is 24.0. The summed E-state index contributed by atoms with van der Waals surface area (Å²) in [6.07, 6.45) is 2.42. The number of carbonyl (C=O) groups excluding carboxylic acids is 3. The Bertz CT molecular complexity index is 1130. The number of ketones is 1. The molecule has 1 fully saturated rings. The predicted octanol–water partition coefficient (Wildman–Crippen LogP) is 5.34. The van der Waals surface area contributed by atoms with Crippen LogP contribution in [0.4, 0.5) is 16.2 Å². The topological polar surface area (TPSA) is 87.3 Å². The summed E-state index contributed by atoms with van der Waals surface area (Å²) in [5, 5.41) is 8.28. The van der Waals surface area contributed by atoms with Gasteiger partial charge in [0.2, 0.25) is 5.91 Å². The maximum atomic E-state index is 13.0. The lowest BCUT2D eigenvalue weighted by molar-refractivity contribution is -0.125. The van der Waals surface area contributed by atoms with Crippen molar-refractivity contribution < 1.29 is 14.4 Å². The number of amides is 3. The van der Waals surface area contributed by atoms with Gasteiger partial charge in [-0.05, 0) is 48.2 Å². The number of hydrogen-bond acceptors (Lipinski definition) is 3. The van der Waals surface area contributed by atoms with Crippen LogP contribution in [0.25, 0.3) is 11.1 Å². The summed E-state index contributed by atoms with van der Waals surface area (Å²) in [4.78, 5) is 37.2. The molecule has 0 spiro atoms. The number of urea groups is 1. The third-order valence-electron chi connectivity index (χ3n) is 6.11. The van der Waals surface area contributed by atoms with E-state index in [-0.39, 0.29) is 29.6 Å². The van der Waals surface area contributed by atoms with Gasteiger partial charge < -0.3 is 16.0 Å². The molecular weight excluding hydrogens is 414 g/mol. The fourth-order valence-electron chi connectivity index (χ4n) is 4.38. The van der Waals surface area contributed by atoms with Gasteiger partial charge in [0.1, 0.15) is 0 Å². The maximum Gasteiger partial charge on any atom is 0.323 e. The van der Waals surface area contributed by atoms with Gasteiger partial charge in [0.25, 0.3) is 0 Å². The zero-order chi connectivity index (χ0) is 23.2. The van der Waals surface area contributed by atoms with Crippen LogP contribution in [0, 0.1) is 11.8 Å². The van der Waals surface area contributed by atoms with E-state index in [1.807, 2.05) is 78.9 Å². The van der Waals surface area contributed by atoms with Gasteiger partial charge in [0.05, 0.1) is 0 Å². The van der Waals surface area contributed by atoms with Crippen LogP contribution in [0.15, 0.2) is 78.9 Å². The highest BCUT2D eigenvalue weighted by Gasteiger charge is 2.37. The van der Waals surface area contributed by atoms with E-state index in [1.165, 1.54) is 0 Å². The Labute approximate surface area is 193 Å². The monoisotopic (exact) mass is 441 g/mol. The minimum Gasteiger partial charge on any atom is -0.359 e. The standard InChI is InChI=1S/C27H27N3O3/c1-28-26(32)24-9-5-8-23(24)25(31)20-12-10-18(11-13-20)19-14-16-22(17-15-19)30-27(33)29-21-6-3-2-4-7-21/h2-4,6-7,10-17,23-24H,5,8-9H2,1H3,(H,28,32)(H2,29,30,33)/t23-,24-/m1/s1.